The normalized spacial score (nSPS) is 15.8. The topological polar surface area (TPSA) is 75.7 Å². The molecule has 2 aromatic rings. The van der Waals surface area contributed by atoms with Gasteiger partial charge in [0.05, 0.1) is 11.8 Å². The van der Waals surface area contributed by atoms with Crippen LogP contribution in [0, 0.1) is 0 Å². The van der Waals surface area contributed by atoms with E-state index in [9.17, 15) is 9.59 Å². The number of amides is 2. The van der Waals surface area contributed by atoms with Crippen LogP contribution >= 0.6 is 15.9 Å². The van der Waals surface area contributed by atoms with Crippen molar-refractivity contribution in [3.05, 3.63) is 46.7 Å². The molecule has 0 radical (unpaired) electrons. The molecular formula is C15H15BrN2O4. The molecule has 0 aliphatic carbocycles. The van der Waals surface area contributed by atoms with Crippen LogP contribution in [0.2, 0.25) is 0 Å². The van der Waals surface area contributed by atoms with Crippen LogP contribution in [-0.4, -0.2) is 35.8 Å². The van der Waals surface area contributed by atoms with E-state index in [0.717, 1.165) is 12.8 Å². The van der Waals surface area contributed by atoms with Crippen molar-refractivity contribution in [2.45, 2.75) is 18.9 Å². The maximum Gasteiger partial charge on any atom is 0.287 e. The zero-order chi connectivity index (χ0) is 15.5. The van der Waals surface area contributed by atoms with Crippen molar-refractivity contribution in [1.29, 1.82) is 0 Å². The van der Waals surface area contributed by atoms with Crippen molar-refractivity contribution in [3.8, 4) is 0 Å². The number of nitrogens with zero attached hydrogens (tertiary/aromatic N) is 1. The second-order valence-corrected chi connectivity index (χ2v) is 5.94. The third-order valence-corrected chi connectivity index (χ3v) is 4.11. The highest BCUT2D eigenvalue weighted by molar-refractivity contribution is 9.10. The van der Waals surface area contributed by atoms with E-state index >= 15 is 0 Å². The van der Waals surface area contributed by atoms with Gasteiger partial charge in [-0.3, -0.25) is 9.59 Å². The lowest BCUT2D eigenvalue weighted by atomic mass is 10.0. The Labute approximate surface area is 135 Å². The molecule has 116 valence electrons. The Kier molecular flexibility index (Phi) is 4.33. The monoisotopic (exact) mass is 366 g/mol. The minimum absolute atomic E-state index is 0.0338. The van der Waals surface area contributed by atoms with Crippen molar-refractivity contribution >= 4 is 27.7 Å². The van der Waals surface area contributed by atoms with E-state index in [1.54, 1.807) is 23.1 Å². The highest BCUT2D eigenvalue weighted by Crippen LogP contribution is 2.17. The highest BCUT2D eigenvalue weighted by Gasteiger charge is 2.25. The maximum absolute atomic E-state index is 12.2. The number of rotatable bonds is 3. The van der Waals surface area contributed by atoms with Crippen LogP contribution in [0.4, 0.5) is 0 Å². The van der Waals surface area contributed by atoms with Crippen molar-refractivity contribution in [3.63, 3.8) is 0 Å². The van der Waals surface area contributed by atoms with Gasteiger partial charge in [0.2, 0.25) is 0 Å². The van der Waals surface area contributed by atoms with Gasteiger partial charge < -0.3 is 19.1 Å². The number of hydrogen-bond acceptors (Lipinski definition) is 4. The second-order valence-electron chi connectivity index (χ2n) is 5.16. The number of halogens is 1. The Hall–Kier alpha value is -2.02. The molecule has 3 heterocycles. The van der Waals surface area contributed by atoms with Crippen LogP contribution in [0.5, 0.6) is 0 Å². The fraction of sp³-hybridized carbons (Fsp3) is 0.333. The first-order valence-electron chi connectivity index (χ1n) is 7.01. The average molecular weight is 367 g/mol. The van der Waals surface area contributed by atoms with Gasteiger partial charge in [0, 0.05) is 19.1 Å². The zero-order valence-electron chi connectivity index (χ0n) is 11.8. The molecule has 0 unspecified atom stereocenters. The summed E-state index contributed by atoms with van der Waals surface area (Å²) in [7, 11) is 0. The largest absolute Gasteiger partial charge is 0.472 e. The average Bonchev–Trinajstić information content (AvgIpc) is 3.18. The van der Waals surface area contributed by atoms with Crippen molar-refractivity contribution in [1.82, 2.24) is 10.2 Å². The second kappa shape index (κ2) is 6.39. The van der Waals surface area contributed by atoms with Gasteiger partial charge in [-0.2, -0.15) is 0 Å². The predicted octanol–water partition coefficient (Wildman–Crippen LogP) is 2.67. The molecule has 0 atom stereocenters. The van der Waals surface area contributed by atoms with E-state index in [-0.39, 0.29) is 23.6 Å². The van der Waals surface area contributed by atoms with Crippen molar-refractivity contribution in [2.75, 3.05) is 13.1 Å². The number of nitrogens with one attached hydrogen (secondary N) is 1. The Morgan fingerprint density at radius 3 is 2.59 bits per heavy atom. The van der Waals surface area contributed by atoms with Crippen molar-refractivity contribution < 1.29 is 18.4 Å². The minimum Gasteiger partial charge on any atom is -0.472 e. The molecule has 7 heteroatoms. The lowest BCUT2D eigenvalue weighted by Gasteiger charge is -2.32. The van der Waals surface area contributed by atoms with E-state index < -0.39 is 0 Å². The third-order valence-electron chi connectivity index (χ3n) is 3.68. The van der Waals surface area contributed by atoms with Gasteiger partial charge in [0.1, 0.15) is 6.26 Å². The first kappa shape index (κ1) is 14.9. The summed E-state index contributed by atoms with van der Waals surface area (Å²) >= 11 is 3.17. The number of carbonyl (C=O) groups excluding carboxylic acids is 2. The van der Waals surface area contributed by atoms with E-state index in [2.05, 4.69) is 21.2 Å². The molecule has 1 fully saturated rings. The van der Waals surface area contributed by atoms with E-state index in [1.807, 2.05) is 0 Å². The Morgan fingerprint density at radius 1 is 1.23 bits per heavy atom. The van der Waals surface area contributed by atoms with E-state index in [4.69, 9.17) is 8.83 Å². The van der Waals surface area contributed by atoms with Gasteiger partial charge in [-0.1, -0.05) is 0 Å². The molecule has 1 saturated heterocycles. The van der Waals surface area contributed by atoms with E-state index in [1.165, 1.54) is 12.5 Å². The number of carbonyl (C=O) groups is 2. The Bertz CT molecular complexity index is 657. The summed E-state index contributed by atoms with van der Waals surface area (Å²) < 4.78 is 10.7. The molecule has 0 bridgehead atoms. The molecule has 1 aliphatic heterocycles. The maximum atomic E-state index is 12.2. The molecule has 22 heavy (non-hydrogen) atoms. The molecule has 3 rings (SSSR count). The molecule has 0 spiro atoms. The fourth-order valence-corrected chi connectivity index (χ4v) is 2.80. The lowest BCUT2D eigenvalue weighted by Crippen LogP contribution is -2.46. The summed E-state index contributed by atoms with van der Waals surface area (Å²) in [6.45, 7) is 1.22. The predicted molar refractivity (Wildman–Crippen MR) is 81.5 cm³/mol. The summed E-state index contributed by atoms with van der Waals surface area (Å²) in [5.74, 6) is 0.0163. The summed E-state index contributed by atoms with van der Waals surface area (Å²) in [4.78, 5) is 26.0. The van der Waals surface area contributed by atoms with Crippen molar-refractivity contribution in [2.24, 2.45) is 0 Å². The van der Waals surface area contributed by atoms with Crippen LogP contribution in [0.25, 0.3) is 0 Å². The number of hydrogen-bond donors (Lipinski definition) is 1. The summed E-state index contributed by atoms with van der Waals surface area (Å²) in [6, 6.07) is 5.01. The Morgan fingerprint density at radius 2 is 2.00 bits per heavy atom. The fourth-order valence-electron chi connectivity index (χ4n) is 2.49. The standard InChI is InChI=1S/C15H15BrN2O4/c16-13-2-1-12(22-13)14(19)17-11-3-6-18(7-4-11)15(20)10-5-8-21-9-10/h1-2,5,8-9,11H,3-4,6-7H2,(H,17,19). The molecule has 6 nitrogen and oxygen atoms in total. The zero-order valence-corrected chi connectivity index (χ0v) is 13.3. The van der Waals surface area contributed by atoms with Gasteiger partial charge in [0.15, 0.2) is 10.4 Å². The summed E-state index contributed by atoms with van der Waals surface area (Å²) in [5.41, 5.74) is 0.558. The number of furan rings is 2. The van der Waals surface area contributed by atoms with E-state index in [0.29, 0.717) is 23.3 Å². The van der Waals surface area contributed by atoms with Gasteiger partial charge in [0.25, 0.3) is 11.8 Å². The molecule has 2 aromatic heterocycles. The molecule has 1 aliphatic rings. The lowest BCUT2D eigenvalue weighted by molar-refractivity contribution is 0.0695. The minimum atomic E-state index is -0.231. The number of piperidine rings is 1. The third kappa shape index (κ3) is 3.24. The Balaban J connectivity index is 1.51. The van der Waals surface area contributed by atoms with Crippen LogP contribution in [0.3, 0.4) is 0 Å². The molecule has 1 N–H and O–H groups in total. The number of likely N-dealkylation sites (tertiary alicyclic amines) is 1. The molecule has 0 aromatic carbocycles. The van der Waals surface area contributed by atoms with Gasteiger partial charge in [-0.25, -0.2) is 0 Å². The summed E-state index contributed by atoms with van der Waals surface area (Å²) in [6.07, 6.45) is 4.38. The molecular weight excluding hydrogens is 352 g/mol. The smallest absolute Gasteiger partial charge is 0.287 e. The highest BCUT2D eigenvalue weighted by atomic mass is 79.9. The molecule has 2 amide bonds. The molecule has 0 saturated carbocycles. The SMILES string of the molecule is O=C(NC1CCN(C(=O)c2ccoc2)CC1)c1ccc(Br)o1. The van der Waals surface area contributed by atoms with Gasteiger partial charge in [-0.05, 0) is 47.0 Å². The first-order valence-corrected chi connectivity index (χ1v) is 7.80. The summed E-state index contributed by atoms with van der Waals surface area (Å²) in [5, 5.41) is 2.93. The van der Waals surface area contributed by atoms with Gasteiger partial charge >= 0.3 is 0 Å². The van der Waals surface area contributed by atoms with Crippen LogP contribution < -0.4 is 5.32 Å². The van der Waals surface area contributed by atoms with Crippen LogP contribution in [0.1, 0.15) is 33.8 Å². The van der Waals surface area contributed by atoms with Crippen LogP contribution in [0.15, 0.2) is 44.2 Å². The van der Waals surface area contributed by atoms with Gasteiger partial charge in [-0.15, -0.1) is 0 Å². The first-order chi connectivity index (χ1) is 10.6. The quantitative estimate of drug-likeness (QED) is 0.905. The van der Waals surface area contributed by atoms with Crippen LogP contribution in [-0.2, 0) is 0 Å².